The van der Waals surface area contributed by atoms with Crippen LogP contribution in [0, 0.1) is 5.82 Å². The van der Waals surface area contributed by atoms with E-state index < -0.39 is 5.82 Å². The van der Waals surface area contributed by atoms with Crippen LogP contribution in [0.5, 0.6) is 0 Å². The molecule has 1 unspecified atom stereocenters. The molecule has 0 aromatic heterocycles. The third kappa shape index (κ3) is 3.95. The van der Waals surface area contributed by atoms with E-state index in [9.17, 15) is 4.39 Å². The van der Waals surface area contributed by atoms with Crippen molar-refractivity contribution in [3.63, 3.8) is 0 Å². The Bertz CT molecular complexity index is 586. The van der Waals surface area contributed by atoms with Crippen LogP contribution < -0.4 is 5.32 Å². The molecule has 0 aliphatic heterocycles. The minimum absolute atomic E-state index is 0.153. The number of rotatable bonds is 5. The van der Waals surface area contributed by atoms with Crippen molar-refractivity contribution >= 4 is 23.2 Å². The highest BCUT2D eigenvalue weighted by Crippen LogP contribution is 2.21. The van der Waals surface area contributed by atoms with E-state index in [0.29, 0.717) is 6.54 Å². The van der Waals surface area contributed by atoms with Crippen LogP contribution in [0.3, 0.4) is 0 Å². The molecule has 1 atom stereocenters. The lowest BCUT2D eigenvalue weighted by Gasteiger charge is -2.18. The molecule has 0 saturated carbocycles. The molecule has 0 spiro atoms. The van der Waals surface area contributed by atoms with Crippen LogP contribution in [0.4, 0.5) is 4.39 Å². The van der Waals surface area contributed by atoms with Gasteiger partial charge in [0.25, 0.3) is 0 Å². The lowest BCUT2D eigenvalue weighted by Crippen LogP contribution is -2.20. The molecule has 0 aliphatic rings. The maximum Gasteiger partial charge on any atom is 0.141 e. The van der Waals surface area contributed by atoms with Crippen LogP contribution in [0.1, 0.15) is 30.5 Å². The van der Waals surface area contributed by atoms with Crippen LogP contribution in [0.15, 0.2) is 42.5 Å². The molecule has 1 nitrogen and oxygen atoms in total. The Morgan fingerprint density at radius 2 is 1.95 bits per heavy atom. The van der Waals surface area contributed by atoms with Gasteiger partial charge in [-0.2, -0.15) is 0 Å². The van der Waals surface area contributed by atoms with Crippen LogP contribution in [0.2, 0.25) is 10.0 Å². The molecule has 1 N–H and O–H groups in total. The highest BCUT2D eigenvalue weighted by atomic mass is 35.5. The molecule has 0 aliphatic carbocycles. The molecule has 0 radical (unpaired) electrons. The van der Waals surface area contributed by atoms with Crippen molar-refractivity contribution in [2.75, 3.05) is 0 Å². The van der Waals surface area contributed by atoms with Gasteiger partial charge in [-0.1, -0.05) is 48.3 Å². The highest BCUT2D eigenvalue weighted by Gasteiger charge is 2.09. The fraction of sp³-hybridized carbons (Fsp3) is 0.250. The normalized spacial score (nSPS) is 12.4. The van der Waals surface area contributed by atoms with E-state index in [1.807, 2.05) is 24.3 Å². The summed E-state index contributed by atoms with van der Waals surface area (Å²) in [5.74, 6) is -0.391. The smallest absolute Gasteiger partial charge is 0.141 e. The standard InChI is InChI=1S/C16H16Cl2FN/c1-2-16(12-4-3-5-13(17)9-12)20-10-11-6-7-15(19)14(18)8-11/h3-9,16,20H,2,10H2,1H3. The summed E-state index contributed by atoms with van der Waals surface area (Å²) < 4.78 is 13.1. The summed E-state index contributed by atoms with van der Waals surface area (Å²) in [6.45, 7) is 2.74. The number of nitrogens with one attached hydrogen (secondary N) is 1. The van der Waals surface area contributed by atoms with Gasteiger partial charge in [-0.3, -0.25) is 0 Å². The van der Waals surface area contributed by atoms with E-state index in [4.69, 9.17) is 23.2 Å². The fourth-order valence-corrected chi connectivity index (χ4v) is 2.51. The van der Waals surface area contributed by atoms with Gasteiger partial charge in [0.1, 0.15) is 5.82 Å². The SMILES string of the molecule is CCC(NCc1ccc(F)c(Cl)c1)c1cccc(Cl)c1. The maximum atomic E-state index is 13.1. The molecule has 0 fully saturated rings. The van der Waals surface area contributed by atoms with Crippen molar-refractivity contribution in [2.24, 2.45) is 0 Å². The molecule has 2 aromatic rings. The Morgan fingerprint density at radius 1 is 1.15 bits per heavy atom. The van der Waals surface area contributed by atoms with E-state index in [2.05, 4.69) is 12.2 Å². The zero-order valence-corrected chi connectivity index (χ0v) is 12.7. The second-order valence-corrected chi connectivity index (χ2v) is 5.49. The monoisotopic (exact) mass is 311 g/mol. The van der Waals surface area contributed by atoms with Crippen LogP contribution in [-0.4, -0.2) is 0 Å². The maximum absolute atomic E-state index is 13.1. The van der Waals surface area contributed by atoms with Crippen LogP contribution in [0.25, 0.3) is 0 Å². The molecule has 0 heterocycles. The zero-order chi connectivity index (χ0) is 14.5. The summed E-state index contributed by atoms with van der Waals surface area (Å²) >= 11 is 11.8. The van der Waals surface area contributed by atoms with Gasteiger partial charge in [0.05, 0.1) is 5.02 Å². The average Bonchev–Trinajstić information content (AvgIpc) is 2.43. The number of hydrogen-bond acceptors (Lipinski definition) is 1. The topological polar surface area (TPSA) is 12.0 Å². The Balaban J connectivity index is 2.05. The van der Waals surface area contributed by atoms with Gasteiger partial charge in [0.15, 0.2) is 0 Å². The molecule has 2 aromatic carbocycles. The van der Waals surface area contributed by atoms with Crippen LogP contribution >= 0.6 is 23.2 Å². The Hall–Kier alpha value is -1.09. The van der Waals surface area contributed by atoms with Gasteiger partial charge in [-0.05, 0) is 41.8 Å². The molecule has 4 heteroatoms. The molecule has 0 saturated heterocycles. The van der Waals surface area contributed by atoms with E-state index >= 15 is 0 Å². The number of hydrogen-bond donors (Lipinski definition) is 1. The van der Waals surface area contributed by atoms with E-state index in [1.54, 1.807) is 12.1 Å². The third-order valence-electron chi connectivity index (χ3n) is 3.20. The number of benzene rings is 2. The predicted molar refractivity (Wildman–Crippen MR) is 82.7 cm³/mol. The van der Waals surface area contributed by atoms with E-state index in [-0.39, 0.29) is 11.1 Å². The first-order chi connectivity index (χ1) is 9.60. The quantitative estimate of drug-likeness (QED) is 0.782. The molecule has 106 valence electrons. The van der Waals surface area contributed by atoms with Crippen molar-refractivity contribution in [2.45, 2.75) is 25.9 Å². The fourth-order valence-electron chi connectivity index (χ4n) is 2.11. The highest BCUT2D eigenvalue weighted by molar-refractivity contribution is 6.31. The summed E-state index contributed by atoms with van der Waals surface area (Å²) in [6, 6.07) is 12.8. The van der Waals surface area contributed by atoms with Crippen LogP contribution in [-0.2, 0) is 6.54 Å². The predicted octanol–water partition coefficient (Wildman–Crippen LogP) is 5.37. The minimum Gasteiger partial charge on any atom is -0.306 e. The first kappa shape index (κ1) is 15.3. The van der Waals surface area contributed by atoms with Gasteiger partial charge in [0.2, 0.25) is 0 Å². The summed E-state index contributed by atoms with van der Waals surface area (Å²) in [5, 5.41) is 4.32. The Morgan fingerprint density at radius 3 is 2.60 bits per heavy atom. The molecular weight excluding hydrogens is 296 g/mol. The summed E-state index contributed by atoms with van der Waals surface area (Å²) in [4.78, 5) is 0. The van der Waals surface area contributed by atoms with Crippen molar-refractivity contribution in [3.8, 4) is 0 Å². The average molecular weight is 312 g/mol. The Kier molecular flexibility index (Phi) is 5.41. The molecule has 2 rings (SSSR count). The summed E-state index contributed by atoms with van der Waals surface area (Å²) in [7, 11) is 0. The second-order valence-electron chi connectivity index (χ2n) is 4.65. The summed E-state index contributed by atoms with van der Waals surface area (Å²) in [6.07, 6.45) is 0.940. The van der Waals surface area contributed by atoms with Gasteiger partial charge in [-0.25, -0.2) is 4.39 Å². The zero-order valence-electron chi connectivity index (χ0n) is 11.2. The minimum atomic E-state index is -0.391. The number of halogens is 3. The van der Waals surface area contributed by atoms with E-state index in [1.165, 1.54) is 6.07 Å². The molecule has 0 bridgehead atoms. The first-order valence-corrected chi connectivity index (χ1v) is 7.28. The Labute approximate surface area is 128 Å². The van der Waals surface area contributed by atoms with Gasteiger partial charge in [-0.15, -0.1) is 0 Å². The van der Waals surface area contributed by atoms with Crippen molar-refractivity contribution in [1.82, 2.24) is 5.32 Å². The van der Waals surface area contributed by atoms with E-state index in [0.717, 1.165) is 22.6 Å². The van der Waals surface area contributed by atoms with Gasteiger partial charge >= 0.3 is 0 Å². The first-order valence-electron chi connectivity index (χ1n) is 6.53. The molecular formula is C16H16Cl2FN. The lowest BCUT2D eigenvalue weighted by atomic mass is 10.0. The summed E-state index contributed by atoms with van der Waals surface area (Å²) in [5.41, 5.74) is 2.10. The van der Waals surface area contributed by atoms with Crippen molar-refractivity contribution in [3.05, 3.63) is 69.5 Å². The van der Waals surface area contributed by atoms with Crippen molar-refractivity contribution < 1.29 is 4.39 Å². The largest absolute Gasteiger partial charge is 0.306 e. The lowest BCUT2D eigenvalue weighted by molar-refractivity contribution is 0.518. The second kappa shape index (κ2) is 7.07. The molecule has 20 heavy (non-hydrogen) atoms. The molecule has 0 amide bonds. The van der Waals surface area contributed by atoms with Gasteiger partial charge < -0.3 is 5.32 Å². The third-order valence-corrected chi connectivity index (χ3v) is 3.72. The van der Waals surface area contributed by atoms with Crippen molar-refractivity contribution in [1.29, 1.82) is 0 Å². The van der Waals surface area contributed by atoms with Gasteiger partial charge in [0, 0.05) is 17.6 Å².